The molecule has 0 aliphatic carbocycles. The van der Waals surface area contributed by atoms with Gasteiger partial charge in [0.05, 0.1) is 15.6 Å². The van der Waals surface area contributed by atoms with E-state index in [4.69, 9.17) is 16.9 Å². The normalized spacial score (nSPS) is 9.83. The number of hydrogen-bond donors (Lipinski definition) is 1. The van der Waals surface area contributed by atoms with Crippen molar-refractivity contribution in [3.63, 3.8) is 0 Å². The van der Waals surface area contributed by atoms with Crippen LogP contribution in [-0.4, -0.2) is 10.9 Å². The van der Waals surface area contributed by atoms with Crippen LogP contribution in [0.15, 0.2) is 23.6 Å². The van der Waals surface area contributed by atoms with Gasteiger partial charge < -0.3 is 5.32 Å². The van der Waals surface area contributed by atoms with E-state index in [1.165, 1.54) is 17.4 Å². The number of amides is 1. The van der Waals surface area contributed by atoms with Crippen LogP contribution in [0.2, 0.25) is 5.02 Å². The molecule has 0 fully saturated rings. The number of hydrogen-bond acceptors (Lipinski definition) is 4. The quantitative estimate of drug-likeness (QED) is 0.916. The van der Waals surface area contributed by atoms with Crippen LogP contribution in [0, 0.1) is 18.3 Å². The number of benzene rings is 1. The minimum atomic E-state index is -0.292. The molecule has 2 aromatic rings. The average molecular weight is 278 g/mol. The van der Waals surface area contributed by atoms with E-state index in [2.05, 4.69) is 10.3 Å². The standard InChI is InChI=1S/C12H8ClN3OS/c1-7-15-11(6-18-7)12(17)16-9-3-2-8(5-14)10(13)4-9/h2-4,6H,1H3,(H,16,17). The van der Waals surface area contributed by atoms with Gasteiger partial charge in [0.25, 0.3) is 5.91 Å². The van der Waals surface area contributed by atoms with Crippen molar-refractivity contribution in [2.75, 3.05) is 5.32 Å². The molecular formula is C12H8ClN3OS. The van der Waals surface area contributed by atoms with Crippen molar-refractivity contribution in [1.29, 1.82) is 5.26 Å². The summed E-state index contributed by atoms with van der Waals surface area (Å²) in [7, 11) is 0. The highest BCUT2D eigenvalue weighted by Crippen LogP contribution is 2.20. The SMILES string of the molecule is Cc1nc(C(=O)Nc2ccc(C#N)c(Cl)c2)cs1. The molecule has 1 aromatic carbocycles. The molecule has 4 nitrogen and oxygen atoms in total. The van der Waals surface area contributed by atoms with Crippen molar-refractivity contribution in [1.82, 2.24) is 4.98 Å². The molecule has 0 radical (unpaired) electrons. The lowest BCUT2D eigenvalue weighted by atomic mass is 10.2. The highest BCUT2D eigenvalue weighted by atomic mass is 35.5. The first kappa shape index (κ1) is 12.6. The number of anilines is 1. The molecule has 6 heteroatoms. The van der Waals surface area contributed by atoms with E-state index in [1.54, 1.807) is 17.5 Å². The Balaban J connectivity index is 2.17. The Morgan fingerprint density at radius 2 is 2.33 bits per heavy atom. The number of aromatic nitrogens is 1. The minimum absolute atomic E-state index is 0.292. The Kier molecular flexibility index (Phi) is 3.60. The summed E-state index contributed by atoms with van der Waals surface area (Å²) in [5, 5.41) is 14.2. The summed E-state index contributed by atoms with van der Waals surface area (Å²) in [4.78, 5) is 15.9. The van der Waals surface area contributed by atoms with Crippen molar-refractivity contribution in [2.24, 2.45) is 0 Å². The number of thiazole rings is 1. The molecule has 2 rings (SSSR count). The molecular weight excluding hydrogens is 270 g/mol. The van der Waals surface area contributed by atoms with Crippen LogP contribution in [-0.2, 0) is 0 Å². The van der Waals surface area contributed by atoms with E-state index in [0.717, 1.165) is 5.01 Å². The van der Waals surface area contributed by atoms with Crippen LogP contribution in [0.4, 0.5) is 5.69 Å². The number of nitrogens with one attached hydrogen (secondary N) is 1. The van der Waals surface area contributed by atoms with Gasteiger partial charge in [0.1, 0.15) is 11.8 Å². The lowest BCUT2D eigenvalue weighted by Crippen LogP contribution is -2.12. The number of halogens is 1. The molecule has 1 N–H and O–H groups in total. The molecule has 1 amide bonds. The average Bonchev–Trinajstić information content (AvgIpc) is 2.76. The summed E-state index contributed by atoms with van der Waals surface area (Å²) in [6, 6.07) is 6.68. The zero-order chi connectivity index (χ0) is 13.1. The van der Waals surface area contributed by atoms with E-state index >= 15 is 0 Å². The highest BCUT2D eigenvalue weighted by molar-refractivity contribution is 7.09. The van der Waals surface area contributed by atoms with Crippen molar-refractivity contribution in [3.8, 4) is 6.07 Å². The third kappa shape index (κ3) is 2.67. The maximum Gasteiger partial charge on any atom is 0.275 e. The fourth-order valence-corrected chi connectivity index (χ4v) is 2.16. The molecule has 0 aliphatic heterocycles. The monoisotopic (exact) mass is 277 g/mol. The molecule has 90 valence electrons. The maximum atomic E-state index is 11.8. The van der Waals surface area contributed by atoms with Crippen LogP contribution < -0.4 is 5.32 Å². The summed E-state index contributed by atoms with van der Waals surface area (Å²) < 4.78 is 0. The predicted molar refractivity (Wildman–Crippen MR) is 71.0 cm³/mol. The van der Waals surface area contributed by atoms with Crippen molar-refractivity contribution >= 4 is 34.5 Å². The second kappa shape index (κ2) is 5.17. The van der Waals surface area contributed by atoms with Gasteiger partial charge in [-0.1, -0.05) is 11.6 Å². The van der Waals surface area contributed by atoms with Gasteiger partial charge in [0.2, 0.25) is 0 Å². The minimum Gasteiger partial charge on any atom is -0.321 e. The molecule has 0 saturated carbocycles. The van der Waals surface area contributed by atoms with E-state index in [1.807, 2.05) is 13.0 Å². The zero-order valence-corrected chi connectivity index (χ0v) is 11.0. The van der Waals surface area contributed by atoms with Crippen LogP contribution >= 0.6 is 22.9 Å². The summed E-state index contributed by atoms with van der Waals surface area (Å²) in [5.74, 6) is -0.292. The molecule has 18 heavy (non-hydrogen) atoms. The predicted octanol–water partition coefficient (Wildman–Crippen LogP) is 3.23. The summed E-state index contributed by atoms with van der Waals surface area (Å²) in [6.07, 6.45) is 0. The van der Waals surface area contributed by atoms with E-state index in [-0.39, 0.29) is 5.91 Å². The molecule has 0 unspecified atom stereocenters. The molecule has 1 aromatic heterocycles. The summed E-state index contributed by atoms with van der Waals surface area (Å²) >= 11 is 7.29. The second-order valence-corrected chi connectivity index (χ2v) is 4.98. The zero-order valence-electron chi connectivity index (χ0n) is 9.40. The number of rotatable bonds is 2. The Hall–Kier alpha value is -1.90. The molecule has 0 spiro atoms. The second-order valence-electron chi connectivity index (χ2n) is 3.51. The number of carbonyl (C=O) groups excluding carboxylic acids is 1. The van der Waals surface area contributed by atoms with Gasteiger partial charge in [-0.15, -0.1) is 11.3 Å². The van der Waals surface area contributed by atoms with Gasteiger partial charge in [-0.25, -0.2) is 4.98 Å². The Bertz CT molecular complexity index is 645. The number of nitrogens with zero attached hydrogens (tertiary/aromatic N) is 2. The highest BCUT2D eigenvalue weighted by Gasteiger charge is 2.10. The molecule has 1 heterocycles. The lowest BCUT2D eigenvalue weighted by molar-refractivity contribution is 0.102. The first-order valence-electron chi connectivity index (χ1n) is 5.03. The molecule has 0 aliphatic rings. The van der Waals surface area contributed by atoms with Gasteiger partial charge in [0, 0.05) is 11.1 Å². The third-order valence-electron chi connectivity index (χ3n) is 2.20. The van der Waals surface area contributed by atoms with Crippen LogP contribution in [0.1, 0.15) is 21.1 Å². The molecule has 0 bridgehead atoms. The molecule has 0 atom stereocenters. The van der Waals surface area contributed by atoms with E-state index < -0.39 is 0 Å². The van der Waals surface area contributed by atoms with Crippen molar-refractivity contribution < 1.29 is 4.79 Å². The topological polar surface area (TPSA) is 65.8 Å². The summed E-state index contributed by atoms with van der Waals surface area (Å²) in [6.45, 7) is 1.83. The van der Waals surface area contributed by atoms with Crippen LogP contribution in [0.25, 0.3) is 0 Å². The van der Waals surface area contributed by atoms with Gasteiger partial charge in [-0.05, 0) is 25.1 Å². The third-order valence-corrected chi connectivity index (χ3v) is 3.29. The van der Waals surface area contributed by atoms with Gasteiger partial charge >= 0.3 is 0 Å². The van der Waals surface area contributed by atoms with Crippen LogP contribution in [0.5, 0.6) is 0 Å². The first-order valence-corrected chi connectivity index (χ1v) is 6.29. The van der Waals surface area contributed by atoms with Gasteiger partial charge in [-0.2, -0.15) is 5.26 Å². The lowest BCUT2D eigenvalue weighted by Gasteiger charge is -2.04. The van der Waals surface area contributed by atoms with Crippen LogP contribution in [0.3, 0.4) is 0 Å². The number of carbonyl (C=O) groups is 1. The van der Waals surface area contributed by atoms with Crippen molar-refractivity contribution in [3.05, 3.63) is 44.9 Å². The summed E-state index contributed by atoms with van der Waals surface area (Å²) in [5.41, 5.74) is 1.28. The largest absolute Gasteiger partial charge is 0.321 e. The number of nitriles is 1. The molecule has 0 saturated heterocycles. The Morgan fingerprint density at radius 3 is 2.89 bits per heavy atom. The Morgan fingerprint density at radius 1 is 1.56 bits per heavy atom. The fourth-order valence-electron chi connectivity index (χ4n) is 1.35. The van der Waals surface area contributed by atoms with Gasteiger partial charge in [-0.3, -0.25) is 4.79 Å². The van der Waals surface area contributed by atoms with Crippen molar-refractivity contribution in [2.45, 2.75) is 6.92 Å². The first-order chi connectivity index (χ1) is 8.60. The van der Waals surface area contributed by atoms with E-state index in [0.29, 0.717) is 22.0 Å². The maximum absolute atomic E-state index is 11.8. The Labute approximate surface area is 113 Å². The van der Waals surface area contributed by atoms with Gasteiger partial charge in [0.15, 0.2) is 0 Å². The van der Waals surface area contributed by atoms with E-state index in [9.17, 15) is 4.79 Å². The smallest absolute Gasteiger partial charge is 0.275 e. The fraction of sp³-hybridized carbons (Fsp3) is 0.0833. The number of aryl methyl sites for hydroxylation is 1.